The molecule has 0 saturated carbocycles. The molecular formula is C8H12ClNO2. The van der Waals surface area contributed by atoms with Gasteiger partial charge in [0.15, 0.2) is 0 Å². The fraction of sp³-hybridized carbons (Fsp3) is 0.500. The lowest BCUT2D eigenvalue weighted by atomic mass is 10.2. The van der Waals surface area contributed by atoms with Gasteiger partial charge in [-0.05, 0) is 12.1 Å². The van der Waals surface area contributed by atoms with Crippen LogP contribution in [0.1, 0.15) is 11.9 Å². The first-order valence-electron chi connectivity index (χ1n) is 3.82. The second-order valence-electron chi connectivity index (χ2n) is 2.58. The zero-order chi connectivity index (χ0) is 7.52. The van der Waals surface area contributed by atoms with E-state index < -0.39 is 0 Å². The summed E-state index contributed by atoms with van der Waals surface area (Å²) < 4.78 is 10.7. The monoisotopic (exact) mass is 189 g/mol. The van der Waals surface area contributed by atoms with E-state index in [2.05, 4.69) is 5.32 Å². The molecule has 68 valence electrons. The Morgan fingerprint density at radius 1 is 1.50 bits per heavy atom. The van der Waals surface area contributed by atoms with Crippen LogP contribution in [0.3, 0.4) is 0 Å². The van der Waals surface area contributed by atoms with E-state index in [1.807, 2.05) is 12.1 Å². The van der Waals surface area contributed by atoms with Gasteiger partial charge in [0.1, 0.15) is 11.9 Å². The van der Waals surface area contributed by atoms with Gasteiger partial charge in [-0.2, -0.15) is 0 Å². The number of ether oxygens (including phenoxy) is 1. The molecule has 0 spiro atoms. The first-order chi connectivity index (χ1) is 5.47. The summed E-state index contributed by atoms with van der Waals surface area (Å²) in [4.78, 5) is 0. The molecule has 12 heavy (non-hydrogen) atoms. The molecule has 0 bridgehead atoms. The van der Waals surface area contributed by atoms with Crippen molar-refractivity contribution in [2.24, 2.45) is 0 Å². The number of morpholine rings is 1. The molecule has 0 radical (unpaired) electrons. The molecule has 0 aromatic carbocycles. The lowest BCUT2D eigenvalue weighted by molar-refractivity contribution is 0.0143. The van der Waals surface area contributed by atoms with E-state index in [9.17, 15) is 0 Å². The first kappa shape index (κ1) is 9.58. The van der Waals surface area contributed by atoms with E-state index in [0.717, 1.165) is 25.5 Å². The predicted molar refractivity (Wildman–Crippen MR) is 47.5 cm³/mol. The van der Waals surface area contributed by atoms with Crippen molar-refractivity contribution in [3.63, 3.8) is 0 Å². The van der Waals surface area contributed by atoms with Gasteiger partial charge in [-0.3, -0.25) is 0 Å². The topological polar surface area (TPSA) is 34.4 Å². The lowest BCUT2D eigenvalue weighted by Crippen LogP contribution is -2.33. The summed E-state index contributed by atoms with van der Waals surface area (Å²) in [6.07, 6.45) is 1.78. The number of hydrogen-bond donors (Lipinski definition) is 1. The van der Waals surface area contributed by atoms with Crippen molar-refractivity contribution in [2.45, 2.75) is 6.10 Å². The number of nitrogens with one attached hydrogen (secondary N) is 1. The fourth-order valence-electron chi connectivity index (χ4n) is 1.22. The van der Waals surface area contributed by atoms with Crippen LogP contribution in [-0.4, -0.2) is 19.7 Å². The molecule has 4 heteroatoms. The summed E-state index contributed by atoms with van der Waals surface area (Å²) in [5, 5.41) is 3.24. The van der Waals surface area contributed by atoms with Gasteiger partial charge < -0.3 is 14.5 Å². The average molecular weight is 190 g/mol. The molecule has 1 aromatic heterocycles. The molecule has 3 nitrogen and oxygen atoms in total. The maximum atomic E-state index is 5.47. The number of rotatable bonds is 1. The van der Waals surface area contributed by atoms with E-state index in [0.29, 0.717) is 0 Å². The van der Waals surface area contributed by atoms with Crippen molar-refractivity contribution in [3.05, 3.63) is 24.2 Å². The van der Waals surface area contributed by atoms with Gasteiger partial charge in [-0.15, -0.1) is 12.4 Å². The van der Waals surface area contributed by atoms with Crippen molar-refractivity contribution in [2.75, 3.05) is 19.7 Å². The molecule has 1 unspecified atom stereocenters. The third-order valence-corrected chi connectivity index (χ3v) is 1.79. The van der Waals surface area contributed by atoms with Crippen LogP contribution in [0.25, 0.3) is 0 Å². The number of halogens is 1. The standard InChI is InChI=1S/C8H11NO2.ClH/c1-2-7(10-4-1)8-6-9-3-5-11-8;/h1-2,4,8-9H,3,5-6H2;1H. The molecule has 1 atom stereocenters. The quantitative estimate of drug-likeness (QED) is 0.725. The van der Waals surface area contributed by atoms with Crippen molar-refractivity contribution < 1.29 is 9.15 Å². The highest BCUT2D eigenvalue weighted by molar-refractivity contribution is 5.85. The van der Waals surface area contributed by atoms with Crippen LogP contribution in [0.5, 0.6) is 0 Å². The molecule has 1 aromatic rings. The van der Waals surface area contributed by atoms with Gasteiger partial charge in [0.25, 0.3) is 0 Å². The minimum atomic E-state index is 0. The Morgan fingerprint density at radius 3 is 3.00 bits per heavy atom. The van der Waals surface area contributed by atoms with Crippen LogP contribution in [0.4, 0.5) is 0 Å². The Bertz CT molecular complexity index is 207. The van der Waals surface area contributed by atoms with Crippen LogP contribution < -0.4 is 5.32 Å². The molecule has 1 aliphatic heterocycles. The van der Waals surface area contributed by atoms with Gasteiger partial charge >= 0.3 is 0 Å². The highest BCUT2D eigenvalue weighted by Crippen LogP contribution is 2.18. The second kappa shape index (κ2) is 4.50. The molecular weight excluding hydrogens is 178 g/mol. The lowest BCUT2D eigenvalue weighted by Gasteiger charge is -2.21. The summed E-state index contributed by atoms with van der Waals surface area (Å²) in [5.74, 6) is 0.914. The molecule has 0 aliphatic carbocycles. The fourth-order valence-corrected chi connectivity index (χ4v) is 1.22. The van der Waals surface area contributed by atoms with E-state index in [-0.39, 0.29) is 18.5 Å². The Labute approximate surface area is 77.5 Å². The van der Waals surface area contributed by atoms with Crippen molar-refractivity contribution in [1.29, 1.82) is 0 Å². The van der Waals surface area contributed by atoms with E-state index in [1.54, 1.807) is 6.26 Å². The summed E-state index contributed by atoms with van der Waals surface area (Å²) in [7, 11) is 0. The molecule has 2 rings (SSSR count). The third-order valence-electron chi connectivity index (χ3n) is 1.79. The van der Waals surface area contributed by atoms with Gasteiger partial charge in [0, 0.05) is 13.1 Å². The molecule has 1 fully saturated rings. The predicted octanol–water partition coefficient (Wildman–Crippen LogP) is 1.36. The van der Waals surface area contributed by atoms with Crippen LogP contribution in [0, 0.1) is 0 Å². The molecule has 2 heterocycles. The SMILES string of the molecule is Cl.c1coc(C2CNCCO2)c1. The second-order valence-corrected chi connectivity index (χ2v) is 2.58. The van der Waals surface area contributed by atoms with Crippen molar-refractivity contribution >= 4 is 12.4 Å². The Hall–Kier alpha value is -0.510. The van der Waals surface area contributed by atoms with Crippen LogP contribution in [0.15, 0.2) is 22.8 Å². The summed E-state index contributed by atoms with van der Waals surface area (Å²) in [6.45, 7) is 2.57. The van der Waals surface area contributed by atoms with Gasteiger partial charge in [-0.25, -0.2) is 0 Å². The van der Waals surface area contributed by atoms with Gasteiger partial charge in [0.2, 0.25) is 0 Å². The Morgan fingerprint density at radius 2 is 2.42 bits per heavy atom. The van der Waals surface area contributed by atoms with Gasteiger partial charge in [-0.1, -0.05) is 0 Å². The highest BCUT2D eigenvalue weighted by atomic mass is 35.5. The van der Waals surface area contributed by atoms with E-state index in [4.69, 9.17) is 9.15 Å². The van der Waals surface area contributed by atoms with E-state index in [1.165, 1.54) is 0 Å². The molecule has 1 saturated heterocycles. The first-order valence-corrected chi connectivity index (χ1v) is 3.82. The molecule has 0 amide bonds. The summed E-state index contributed by atoms with van der Waals surface area (Å²) in [6, 6.07) is 3.82. The van der Waals surface area contributed by atoms with Crippen LogP contribution in [-0.2, 0) is 4.74 Å². The Kier molecular flexibility index (Phi) is 3.59. The minimum absolute atomic E-state index is 0. The van der Waals surface area contributed by atoms with Crippen LogP contribution in [0.2, 0.25) is 0 Å². The Balaban J connectivity index is 0.000000720. The zero-order valence-electron chi connectivity index (χ0n) is 6.66. The molecule has 1 aliphatic rings. The number of hydrogen-bond acceptors (Lipinski definition) is 3. The van der Waals surface area contributed by atoms with E-state index >= 15 is 0 Å². The largest absolute Gasteiger partial charge is 0.467 e. The maximum Gasteiger partial charge on any atom is 0.133 e. The summed E-state index contributed by atoms with van der Waals surface area (Å²) >= 11 is 0. The normalized spacial score (nSPS) is 23.2. The highest BCUT2D eigenvalue weighted by Gasteiger charge is 2.17. The zero-order valence-corrected chi connectivity index (χ0v) is 7.47. The number of furan rings is 1. The average Bonchev–Trinajstić information content (AvgIpc) is 2.58. The summed E-state index contributed by atoms with van der Waals surface area (Å²) in [5.41, 5.74) is 0. The third kappa shape index (κ3) is 2.00. The van der Waals surface area contributed by atoms with Crippen molar-refractivity contribution in [1.82, 2.24) is 5.32 Å². The smallest absolute Gasteiger partial charge is 0.133 e. The minimum Gasteiger partial charge on any atom is -0.467 e. The van der Waals surface area contributed by atoms with Crippen LogP contribution >= 0.6 is 12.4 Å². The van der Waals surface area contributed by atoms with Crippen molar-refractivity contribution in [3.8, 4) is 0 Å². The maximum absolute atomic E-state index is 5.47. The van der Waals surface area contributed by atoms with Gasteiger partial charge in [0.05, 0.1) is 12.9 Å². The molecule has 1 N–H and O–H groups in total.